The number of carbonyl (C=O) groups excluding carboxylic acids is 1. The molecular formula is C16H20N4O2. The highest BCUT2D eigenvalue weighted by atomic mass is 16.5. The van der Waals surface area contributed by atoms with E-state index in [0.717, 1.165) is 18.9 Å². The van der Waals surface area contributed by atoms with Crippen LogP contribution in [-0.2, 0) is 0 Å². The first-order chi connectivity index (χ1) is 10.7. The van der Waals surface area contributed by atoms with E-state index in [4.69, 9.17) is 4.74 Å². The molecule has 0 saturated heterocycles. The maximum atomic E-state index is 12.3. The van der Waals surface area contributed by atoms with Crippen molar-refractivity contribution in [2.75, 3.05) is 30.4 Å². The van der Waals surface area contributed by atoms with Crippen molar-refractivity contribution in [1.29, 1.82) is 0 Å². The highest BCUT2D eigenvalue weighted by Crippen LogP contribution is 2.19. The van der Waals surface area contributed by atoms with Crippen LogP contribution >= 0.6 is 0 Å². The Kier molecular flexibility index (Phi) is 5.30. The number of rotatable bonds is 6. The van der Waals surface area contributed by atoms with Crippen molar-refractivity contribution >= 4 is 17.5 Å². The van der Waals surface area contributed by atoms with Crippen LogP contribution in [0.5, 0.6) is 5.75 Å². The summed E-state index contributed by atoms with van der Waals surface area (Å²) in [7, 11) is 1.53. The molecule has 0 spiro atoms. The van der Waals surface area contributed by atoms with Gasteiger partial charge >= 0.3 is 0 Å². The molecular weight excluding hydrogens is 280 g/mol. The monoisotopic (exact) mass is 300 g/mol. The van der Waals surface area contributed by atoms with E-state index in [1.165, 1.54) is 7.11 Å². The zero-order valence-electron chi connectivity index (χ0n) is 13.0. The molecule has 1 amide bonds. The van der Waals surface area contributed by atoms with Crippen LogP contribution in [0.4, 0.5) is 11.6 Å². The third-order valence-electron chi connectivity index (χ3n) is 3.33. The second-order valence-corrected chi connectivity index (χ2v) is 4.60. The minimum atomic E-state index is -0.276. The third kappa shape index (κ3) is 3.52. The van der Waals surface area contributed by atoms with Crippen LogP contribution < -0.4 is 15.0 Å². The molecule has 0 aliphatic carbocycles. The molecule has 0 atom stereocenters. The molecule has 116 valence electrons. The quantitative estimate of drug-likeness (QED) is 0.888. The van der Waals surface area contributed by atoms with E-state index in [2.05, 4.69) is 34.3 Å². The van der Waals surface area contributed by atoms with Crippen LogP contribution in [0.3, 0.4) is 0 Å². The Balaban J connectivity index is 2.12. The van der Waals surface area contributed by atoms with Gasteiger partial charge in [0, 0.05) is 13.1 Å². The highest BCUT2D eigenvalue weighted by Gasteiger charge is 2.12. The van der Waals surface area contributed by atoms with Crippen molar-refractivity contribution in [3.63, 3.8) is 0 Å². The minimum absolute atomic E-state index is 0.276. The number of benzene rings is 1. The molecule has 0 bridgehead atoms. The third-order valence-corrected chi connectivity index (χ3v) is 3.33. The van der Waals surface area contributed by atoms with E-state index in [0.29, 0.717) is 17.1 Å². The SMILES string of the molecule is CCN(CC)c1ccc(NC(=O)c2ccccc2OC)nn1. The Hall–Kier alpha value is -2.63. The highest BCUT2D eigenvalue weighted by molar-refractivity contribution is 6.05. The van der Waals surface area contributed by atoms with Crippen molar-refractivity contribution in [1.82, 2.24) is 10.2 Å². The summed E-state index contributed by atoms with van der Waals surface area (Å²) in [5, 5.41) is 10.9. The lowest BCUT2D eigenvalue weighted by molar-refractivity contribution is 0.102. The maximum absolute atomic E-state index is 12.3. The molecule has 0 fully saturated rings. The van der Waals surface area contributed by atoms with Crippen molar-refractivity contribution in [3.05, 3.63) is 42.0 Å². The standard InChI is InChI=1S/C16H20N4O2/c1-4-20(5-2)15-11-10-14(18-19-15)17-16(21)12-8-6-7-9-13(12)22-3/h6-11H,4-5H2,1-3H3,(H,17,18,21). The number of aromatic nitrogens is 2. The fourth-order valence-electron chi connectivity index (χ4n) is 2.12. The largest absolute Gasteiger partial charge is 0.496 e. The van der Waals surface area contributed by atoms with Gasteiger partial charge in [-0.15, -0.1) is 10.2 Å². The van der Waals surface area contributed by atoms with Gasteiger partial charge in [0.2, 0.25) is 0 Å². The second-order valence-electron chi connectivity index (χ2n) is 4.60. The maximum Gasteiger partial charge on any atom is 0.260 e. The van der Waals surface area contributed by atoms with E-state index >= 15 is 0 Å². The molecule has 0 saturated carbocycles. The van der Waals surface area contributed by atoms with Crippen LogP contribution in [-0.4, -0.2) is 36.3 Å². The number of amides is 1. The summed E-state index contributed by atoms with van der Waals surface area (Å²) in [6.07, 6.45) is 0. The Bertz CT molecular complexity index is 624. The summed E-state index contributed by atoms with van der Waals surface area (Å²) in [6, 6.07) is 10.6. The van der Waals surface area contributed by atoms with Crippen molar-refractivity contribution in [2.45, 2.75) is 13.8 Å². The minimum Gasteiger partial charge on any atom is -0.496 e. The molecule has 1 N–H and O–H groups in total. The first-order valence-electron chi connectivity index (χ1n) is 7.22. The Morgan fingerprint density at radius 2 is 1.86 bits per heavy atom. The predicted octanol–water partition coefficient (Wildman–Crippen LogP) is 2.58. The average Bonchev–Trinajstić information content (AvgIpc) is 2.57. The summed E-state index contributed by atoms with van der Waals surface area (Å²) in [6.45, 7) is 5.83. The Morgan fingerprint density at radius 3 is 2.45 bits per heavy atom. The van der Waals surface area contributed by atoms with Crippen molar-refractivity contribution < 1.29 is 9.53 Å². The zero-order valence-corrected chi connectivity index (χ0v) is 13.0. The van der Waals surface area contributed by atoms with E-state index in [1.807, 2.05) is 12.1 Å². The predicted molar refractivity (Wildman–Crippen MR) is 86.5 cm³/mol. The molecule has 2 rings (SSSR count). The molecule has 0 aliphatic rings. The molecule has 22 heavy (non-hydrogen) atoms. The van der Waals surface area contributed by atoms with Gasteiger partial charge in [0.25, 0.3) is 5.91 Å². The lowest BCUT2D eigenvalue weighted by atomic mass is 10.2. The fraction of sp³-hybridized carbons (Fsp3) is 0.312. The van der Waals surface area contributed by atoms with Gasteiger partial charge in [-0.1, -0.05) is 12.1 Å². The van der Waals surface area contributed by atoms with Gasteiger partial charge in [-0.2, -0.15) is 0 Å². The molecule has 1 aromatic heterocycles. The Morgan fingerprint density at radius 1 is 1.14 bits per heavy atom. The molecule has 0 unspecified atom stereocenters. The first-order valence-corrected chi connectivity index (χ1v) is 7.22. The van der Waals surface area contributed by atoms with E-state index in [1.54, 1.807) is 24.3 Å². The molecule has 0 aliphatic heterocycles. The Labute approximate surface area is 130 Å². The number of anilines is 2. The number of carbonyl (C=O) groups is 1. The normalized spacial score (nSPS) is 10.1. The van der Waals surface area contributed by atoms with Gasteiger partial charge in [0.05, 0.1) is 12.7 Å². The zero-order chi connectivity index (χ0) is 15.9. The second kappa shape index (κ2) is 7.40. The van der Waals surface area contributed by atoms with Gasteiger partial charge in [0.1, 0.15) is 5.75 Å². The van der Waals surface area contributed by atoms with Crippen LogP contribution in [0.15, 0.2) is 36.4 Å². The molecule has 1 aromatic carbocycles. The lowest BCUT2D eigenvalue weighted by Gasteiger charge is -2.18. The number of ether oxygens (including phenoxy) is 1. The van der Waals surface area contributed by atoms with Crippen LogP contribution in [0.2, 0.25) is 0 Å². The van der Waals surface area contributed by atoms with E-state index < -0.39 is 0 Å². The van der Waals surface area contributed by atoms with E-state index in [9.17, 15) is 4.79 Å². The number of para-hydroxylation sites is 1. The van der Waals surface area contributed by atoms with Crippen LogP contribution in [0.1, 0.15) is 24.2 Å². The molecule has 0 radical (unpaired) electrons. The summed E-state index contributed by atoms with van der Waals surface area (Å²) in [5.41, 5.74) is 0.458. The summed E-state index contributed by atoms with van der Waals surface area (Å²) < 4.78 is 5.18. The van der Waals surface area contributed by atoms with Gasteiger partial charge in [-0.3, -0.25) is 4.79 Å². The topological polar surface area (TPSA) is 67.4 Å². The number of nitrogens with one attached hydrogen (secondary N) is 1. The summed E-state index contributed by atoms with van der Waals surface area (Å²) in [5.74, 6) is 1.45. The lowest BCUT2D eigenvalue weighted by Crippen LogP contribution is -2.23. The number of nitrogens with zero attached hydrogens (tertiary/aromatic N) is 3. The van der Waals surface area contributed by atoms with Gasteiger partial charge in [-0.25, -0.2) is 0 Å². The van der Waals surface area contributed by atoms with Crippen LogP contribution in [0, 0.1) is 0 Å². The summed E-state index contributed by atoms with van der Waals surface area (Å²) >= 11 is 0. The average molecular weight is 300 g/mol. The fourth-order valence-corrected chi connectivity index (χ4v) is 2.12. The summed E-state index contributed by atoms with van der Waals surface area (Å²) in [4.78, 5) is 14.3. The molecule has 6 nitrogen and oxygen atoms in total. The van der Waals surface area contributed by atoms with E-state index in [-0.39, 0.29) is 5.91 Å². The number of hydrogen-bond acceptors (Lipinski definition) is 5. The molecule has 6 heteroatoms. The van der Waals surface area contributed by atoms with Crippen molar-refractivity contribution in [2.24, 2.45) is 0 Å². The first kappa shape index (κ1) is 15.8. The van der Waals surface area contributed by atoms with Gasteiger partial charge < -0.3 is 15.0 Å². The molecule has 2 aromatic rings. The smallest absolute Gasteiger partial charge is 0.260 e. The number of hydrogen-bond donors (Lipinski definition) is 1. The van der Waals surface area contributed by atoms with Gasteiger partial charge in [-0.05, 0) is 38.1 Å². The number of methoxy groups -OCH3 is 1. The molecule has 1 heterocycles. The van der Waals surface area contributed by atoms with Gasteiger partial charge in [0.15, 0.2) is 11.6 Å². The van der Waals surface area contributed by atoms with Crippen LogP contribution in [0.25, 0.3) is 0 Å². The van der Waals surface area contributed by atoms with Crippen molar-refractivity contribution in [3.8, 4) is 5.75 Å².